The summed E-state index contributed by atoms with van der Waals surface area (Å²) in [6.07, 6.45) is 34.5. The summed E-state index contributed by atoms with van der Waals surface area (Å²) < 4.78 is 0. The van der Waals surface area contributed by atoms with Gasteiger partial charge in [-0.1, -0.05) is 93.7 Å². The van der Waals surface area contributed by atoms with Gasteiger partial charge < -0.3 is 16.4 Å². The quantitative estimate of drug-likeness (QED) is 0.112. The number of carbonyl (C=O) groups is 2. The molecule has 0 aliphatic carbocycles. The van der Waals surface area contributed by atoms with Crippen molar-refractivity contribution >= 4 is 11.8 Å². The Morgan fingerprint density at radius 1 is 0.676 bits per heavy atom. The maximum atomic E-state index is 12.0. The van der Waals surface area contributed by atoms with E-state index in [2.05, 4.69) is 98.2 Å². The highest BCUT2D eigenvalue weighted by atomic mass is 16.2. The third-order valence-corrected chi connectivity index (χ3v) is 5.52. The molecule has 2 amide bonds. The maximum Gasteiger partial charge on any atom is 0.220 e. The summed E-state index contributed by atoms with van der Waals surface area (Å²) in [5.41, 5.74) is 5.75. The molecule has 0 radical (unpaired) electrons. The number of hydrogen-bond donors (Lipinski definition) is 3. The molecule has 0 aromatic carbocycles. The molecule has 0 fully saturated rings. The average molecular weight is 512 g/mol. The Morgan fingerprint density at radius 2 is 1.11 bits per heavy atom. The summed E-state index contributed by atoms with van der Waals surface area (Å²) >= 11 is 0. The van der Waals surface area contributed by atoms with Crippen LogP contribution in [0.1, 0.15) is 85.0 Å². The normalized spacial score (nSPS) is 13.4. The molecule has 0 saturated carbocycles. The molecule has 0 heterocycles. The average Bonchev–Trinajstić information content (AvgIpc) is 2.87. The van der Waals surface area contributed by atoms with E-state index < -0.39 is 0 Å². The van der Waals surface area contributed by atoms with Gasteiger partial charge in [0.05, 0.1) is 0 Å². The second kappa shape index (κ2) is 26.4. The van der Waals surface area contributed by atoms with Crippen LogP contribution < -0.4 is 16.4 Å². The Labute approximate surface area is 227 Å². The summed E-state index contributed by atoms with van der Waals surface area (Å²) in [5.74, 6) is 0.759. The molecule has 1 unspecified atom stereocenters. The smallest absolute Gasteiger partial charge is 0.220 e. The fourth-order valence-corrected chi connectivity index (χ4v) is 3.61. The van der Waals surface area contributed by atoms with Crippen LogP contribution in [0.5, 0.6) is 0 Å². The summed E-state index contributed by atoms with van der Waals surface area (Å²) in [7, 11) is 0. The molecule has 0 aromatic rings. The number of amides is 2. The molecule has 5 nitrogen and oxygen atoms in total. The van der Waals surface area contributed by atoms with E-state index in [0.717, 1.165) is 51.4 Å². The van der Waals surface area contributed by atoms with Crippen LogP contribution in [0.25, 0.3) is 0 Å². The lowest BCUT2D eigenvalue weighted by Gasteiger charge is -2.16. The van der Waals surface area contributed by atoms with Gasteiger partial charge in [0.2, 0.25) is 11.8 Å². The van der Waals surface area contributed by atoms with Gasteiger partial charge in [0.15, 0.2) is 0 Å². The number of carbonyl (C=O) groups excluding carboxylic acids is 2. The molecule has 0 bridgehead atoms. The van der Waals surface area contributed by atoms with Crippen molar-refractivity contribution in [3.8, 4) is 0 Å². The molecular formula is C32H53N3O2. The Balaban J connectivity index is 3.70. The maximum absolute atomic E-state index is 12.0. The minimum atomic E-state index is 0.00308. The topological polar surface area (TPSA) is 84.2 Å². The van der Waals surface area contributed by atoms with Crippen LogP contribution in [0.4, 0.5) is 0 Å². The lowest BCUT2D eigenvalue weighted by molar-refractivity contribution is -0.123. The number of rotatable bonds is 22. The van der Waals surface area contributed by atoms with Crippen molar-refractivity contribution < 1.29 is 9.59 Å². The van der Waals surface area contributed by atoms with E-state index in [1.165, 1.54) is 0 Å². The first-order chi connectivity index (χ1) is 18.0. The molecule has 208 valence electrons. The summed E-state index contributed by atoms with van der Waals surface area (Å²) in [6.45, 7) is 7.84. The van der Waals surface area contributed by atoms with Crippen molar-refractivity contribution in [1.82, 2.24) is 10.6 Å². The van der Waals surface area contributed by atoms with E-state index >= 15 is 0 Å². The zero-order chi connectivity index (χ0) is 27.4. The molecular weight excluding hydrogens is 458 g/mol. The molecule has 0 aliphatic rings. The Hall–Kier alpha value is -2.66. The van der Waals surface area contributed by atoms with E-state index in [1.54, 1.807) is 0 Å². The monoisotopic (exact) mass is 511 g/mol. The largest absolute Gasteiger partial charge is 0.354 e. The second-order valence-electron chi connectivity index (χ2n) is 9.59. The zero-order valence-corrected chi connectivity index (χ0v) is 23.7. The lowest BCUT2D eigenvalue weighted by Crippen LogP contribution is -2.36. The summed E-state index contributed by atoms with van der Waals surface area (Å²) in [4.78, 5) is 23.9. The van der Waals surface area contributed by atoms with Crippen molar-refractivity contribution in [2.45, 2.75) is 85.0 Å². The minimum absolute atomic E-state index is 0.00308. The van der Waals surface area contributed by atoms with Crippen molar-refractivity contribution in [3.63, 3.8) is 0 Å². The number of hydrogen-bond acceptors (Lipinski definition) is 3. The number of allylic oxidation sites excluding steroid dienone is 12. The lowest BCUT2D eigenvalue weighted by atomic mass is 9.94. The van der Waals surface area contributed by atoms with Crippen LogP contribution in [-0.2, 0) is 9.59 Å². The van der Waals surface area contributed by atoms with E-state index in [-0.39, 0.29) is 17.7 Å². The molecule has 0 aliphatic heterocycles. The third-order valence-electron chi connectivity index (χ3n) is 5.52. The van der Waals surface area contributed by atoms with E-state index in [1.807, 2.05) is 6.08 Å². The molecule has 0 aromatic heterocycles. The predicted molar refractivity (Wildman–Crippen MR) is 160 cm³/mol. The van der Waals surface area contributed by atoms with Crippen molar-refractivity contribution in [2.75, 3.05) is 19.6 Å². The van der Waals surface area contributed by atoms with E-state index in [9.17, 15) is 9.59 Å². The standard InChI is InChI=1S/C32H53N3O2/c1-4-5-6-7-8-9-10-11-12-13-14-15-16-17-18-19-20-21-22-23-31(36)34-24-25-35-32(37)27-30(28-33)26-29(2)3/h5-6,8-9,11-12,14-15,17-18,20-21,29-30H,4,7,10,13,16,19,22-28,33H2,1-3H3,(H,34,36)(H,35,37). The molecule has 5 heteroatoms. The Bertz CT molecular complexity index is 745. The highest BCUT2D eigenvalue weighted by Gasteiger charge is 2.13. The van der Waals surface area contributed by atoms with E-state index in [4.69, 9.17) is 5.73 Å². The minimum Gasteiger partial charge on any atom is -0.354 e. The molecule has 1 atom stereocenters. The Kier molecular flexibility index (Phi) is 24.5. The molecule has 0 saturated heterocycles. The number of nitrogens with two attached hydrogens (primary N) is 1. The van der Waals surface area contributed by atoms with Crippen LogP contribution in [0.15, 0.2) is 72.9 Å². The fourth-order valence-electron chi connectivity index (χ4n) is 3.61. The van der Waals surface area contributed by atoms with Crippen molar-refractivity contribution in [3.05, 3.63) is 72.9 Å². The van der Waals surface area contributed by atoms with Gasteiger partial charge in [-0.3, -0.25) is 9.59 Å². The third kappa shape index (κ3) is 26.2. The van der Waals surface area contributed by atoms with Crippen molar-refractivity contribution in [1.29, 1.82) is 0 Å². The van der Waals surface area contributed by atoms with Crippen LogP contribution >= 0.6 is 0 Å². The van der Waals surface area contributed by atoms with E-state index in [0.29, 0.717) is 38.4 Å². The molecule has 0 rings (SSSR count). The van der Waals surface area contributed by atoms with Gasteiger partial charge in [-0.2, -0.15) is 0 Å². The summed E-state index contributed by atoms with van der Waals surface area (Å²) in [5, 5.41) is 5.71. The molecule has 4 N–H and O–H groups in total. The van der Waals surface area contributed by atoms with Crippen molar-refractivity contribution in [2.24, 2.45) is 17.6 Å². The van der Waals surface area contributed by atoms with Crippen LogP contribution in [0.2, 0.25) is 0 Å². The predicted octanol–water partition coefficient (Wildman–Crippen LogP) is 6.71. The summed E-state index contributed by atoms with van der Waals surface area (Å²) in [6, 6.07) is 0. The molecule has 0 spiro atoms. The molecule has 37 heavy (non-hydrogen) atoms. The zero-order valence-electron chi connectivity index (χ0n) is 23.7. The number of nitrogens with one attached hydrogen (secondary N) is 2. The highest BCUT2D eigenvalue weighted by Crippen LogP contribution is 2.13. The van der Waals surface area contributed by atoms with Gasteiger partial charge in [-0.25, -0.2) is 0 Å². The fraction of sp³-hybridized carbons (Fsp3) is 0.562. The van der Waals surface area contributed by atoms with Crippen LogP contribution in [0, 0.1) is 11.8 Å². The van der Waals surface area contributed by atoms with Gasteiger partial charge >= 0.3 is 0 Å². The van der Waals surface area contributed by atoms with Crippen LogP contribution in [-0.4, -0.2) is 31.4 Å². The Morgan fingerprint density at radius 3 is 1.54 bits per heavy atom. The van der Waals surface area contributed by atoms with Gasteiger partial charge in [0.1, 0.15) is 0 Å². The second-order valence-corrected chi connectivity index (χ2v) is 9.59. The van der Waals surface area contributed by atoms with Crippen LogP contribution in [0.3, 0.4) is 0 Å². The first-order valence-corrected chi connectivity index (χ1v) is 14.1. The van der Waals surface area contributed by atoms with Gasteiger partial charge in [-0.05, 0) is 69.7 Å². The SMILES string of the molecule is CCC=CCC=CCC=CCC=CCC=CCC=CCCC(=O)NCCNC(=O)CC(CN)CC(C)C. The highest BCUT2D eigenvalue weighted by molar-refractivity contribution is 5.77. The van der Waals surface area contributed by atoms with Gasteiger partial charge in [0, 0.05) is 25.9 Å². The van der Waals surface area contributed by atoms with Gasteiger partial charge in [0.25, 0.3) is 0 Å². The van der Waals surface area contributed by atoms with Gasteiger partial charge in [-0.15, -0.1) is 0 Å². The first kappa shape index (κ1) is 34.3. The first-order valence-electron chi connectivity index (χ1n) is 14.1.